The van der Waals surface area contributed by atoms with Gasteiger partial charge in [0.15, 0.2) is 0 Å². The Bertz CT molecular complexity index is 1580. The number of nitrogens with one attached hydrogen (secondary N) is 1. The third-order valence-corrected chi connectivity index (χ3v) is 8.86. The zero-order chi connectivity index (χ0) is 30.1. The number of carbonyl (C=O) groups excluding carboxylic acids is 2. The maximum atomic E-state index is 14.3. The summed E-state index contributed by atoms with van der Waals surface area (Å²) in [6, 6.07) is 30.6. The number of anilines is 1. The molecule has 0 aliphatic heterocycles. The van der Waals surface area contributed by atoms with Crippen molar-refractivity contribution in [2.75, 3.05) is 17.4 Å². The normalized spacial score (nSPS) is 11.9. The van der Waals surface area contributed by atoms with Crippen molar-refractivity contribution in [2.24, 2.45) is 0 Å². The minimum Gasteiger partial charge on any atom is -0.355 e. The second-order valence-corrected chi connectivity index (χ2v) is 12.2. The van der Waals surface area contributed by atoms with Crippen molar-refractivity contribution in [3.63, 3.8) is 0 Å². The Hall–Kier alpha value is -4.14. The predicted octanol–water partition coefficient (Wildman–Crippen LogP) is 5.62. The van der Waals surface area contributed by atoms with E-state index in [0.29, 0.717) is 17.3 Å². The first kappa shape index (κ1) is 30.8. The van der Waals surface area contributed by atoms with Gasteiger partial charge in [0.2, 0.25) is 11.8 Å². The van der Waals surface area contributed by atoms with Gasteiger partial charge in [0.1, 0.15) is 12.6 Å². The van der Waals surface area contributed by atoms with E-state index in [1.54, 1.807) is 30.3 Å². The highest BCUT2D eigenvalue weighted by molar-refractivity contribution is 7.92. The van der Waals surface area contributed by atoms with Crippen LogP contribution >= 0.6 is 11.6 Å². The lowest BCUT2D eigenvalue weighted by Crippen LogP contribution is -2.53. The first-order chi connectivity index (χ1) is 20.2. The number of hydrogen-bond donors (Lipinski definition) is 1. The van der Waals surface area contributed by atoms with Gasteiger partial charge in [-0.15, -0.1) is 0 Å². The molecule has 0 heterocycles. The Morgan fingerprint density at radius 2 is 1.40 bits per heavy atom. The van der Waals surface area contributed by atoms with E-state index in [9.17, 15) is 18.0 Å². The van der Waals surface area contributed by atoms with E-state index in [-0.39, 0.29) is 23.8 Å². The van der Waals surface area contributed by atoms with Gasteiger partial charge in [0.05, 0.1) is 10.6 Å². The molecule has 0 unspecified atom stereocenters. The fraction of sp³-hybridized carbons (Fsp3) is 0.212. The number of benzene rings is 4. The molecule has 218 valence electrons. The Labute approximate surface area is 252 Å². The molecule has 0 aliphatic rings. The second kappa shape index (κ2) is 14.2. The monoisotopic (exact) mass is 603 g/mol. The standard InChI is InChI=1S/C33H34ClN3O4S/c1-3-35-33(39)31(22-26-10-6-4-7-11-26)36(23-27-16-14-25(2)15-17-27)32(38)24-37(29-12-8-5-9-13-29)42(40,41)30-20-18-28(34)19-21-30/h4-21,31H,3,22-24H2,1-2H3,(H,35,39)/t31-/m1/s1. The van der Waals surface area contributed by atoms with Gasteiger partial charge < -0.3 is 10.2 Å². The molecule has 0 saturated heterocycles. The van der Waals surface area contributed by atoms with Crippen LogP contribution in [0.15, 0.2) is 114 Å². The number of nitrogens with zero attached hydrogens (tertiary/aromatic N) is 2. The number of amides is 2. The maximum Gasteiger partial charge on any atom is 0.264 e. The van der Waals surface area contributed by atoms with Crippen LogP contribution < -0.4 is 9.62 Å². The SMILES string of the molecule is CCNC(=O)[C@@H](Cc1ccccc1)N(Cc1ccc(C)cc1)C(=O)CN(c1ccccc1)S(=O)(=O)c1ccc(Cl)cc1. The summed E-state index contributed by atoms with van der Waals surface area (Å²) in [6.45, 7) is 3.79. The van der Waals surface area contributed by atoms with Gasteiger partial charge in [-0.1, -0.05) is 90.0 Å². The van der Waals surface area contributed by atoms with Crippen LogP contribution in [0.25, 0.3) is 0 Å². The first-order valence-corrected chi connectivity index (χ1v) is 15.5. The van der Waals surface area contributed by atoms with E-state index >= 15 is 0 Å². The molecule has 9 heteroatoms. The quantitative estimate of drug-likeness (QED) is 0.228. The fourth-order valence-electron chi connectivity index (χ4n) is 4.59. The minimum atomic E-state index is -4.17. The molecule has 42 heavy (non-hydrogen) atoms. The molecule has 0 saturated carbocycles. The minimum absolute atomic E-state index is 0.00167. The molecular formula is C33H34ClN3O4S. The molecule has 0 aliphatic carbocycles. The third-order valence-electron chi connectivity index (χ3n) is 6.82. The number of aryl methyl sites for hydroxylation is 1. The van der Waals surface area contributed by atoms with E-state index < -0.39 is 28.5 Å². The van der Waals surface area contributed by atoms with Gasteiger partial charge in [-0.25, -0.2) is 8.42 Å². The summed E-state index contributed by atoms with van der Waals surface area (Å²) in [4.78, 5) is 29.3. The number of para-hydroxylation sites is 1. The average Bonchev–Trinajstić information content (AvgIpc) is 2.99. The van der Waals surface area contributed by atoms with Crippen molar-refractivity contribution >= 4 is 39.1 Å². The Morgan fingerprint density at radius 1 is 0.810 bits per heavy atom. The van der Waals surface area contributed by atoms with Gasteiger partial charge in [-0.3, -0.25) is 13.9 Å². The summed E-state index contributed by atoms with van der Waals surface area (Å²) in [5, 5.41) is 3.26. The van der Waals surface area contributed by atoms with Gasteiger partial charge >= 0.3 is 0 Å². The van der Waals surface area contributed by atoms with Crippen LogP contribution in [0, 0.1) is 6.92 Å². The van der Waals surface area contributed by atoms with E-state index in [1.165, 1.54) is 29.2 Å². The number of sulfonamides is 1. The van der Waals surface area contributed by atoms with Crippen LogP contribution in [0.3, 0.4) is 0 Å². The van der Waals surface area contributed by atoms with Crippen molar-refractivity contribution in [1.29, 1.82) is 0 Å². The largest absolute Gasteiger partial charge is 0.355 e. The van der Waals surface area contributed by atoms with E-state index in [2.05, 4.69) is 5.32 Å². The molecule has 0 spiro atoms. The molecule has 4 aromatic carbocycles. The van der Waals surface area contributed by atoms with Crippen LogP contribution in [0.2, 0.25) is 5.02 Å². The molecule has 1 N–H and O–H groups in total. The average molecular weight is 604 g/mol. The van der Waals surface area contributed by atoms with Crippen molar-refractivity contribution in [3.05, 3.63) is 131 Å². The molecule has 0 fully saturated rings. The number of carbonyl (C=O) groups is 2. The molecular weight excluding hydrogens is 570 g/mol. The Morgan fingerprint density at radius 3 is 2.00 bits per heavy atom. The second-order valence-electron chi connectivity index (χ2n) is 9.91. The fourth-order valence-corrected chi connectivity index (χ4v) is 6.13. The Balaban J connectivity index is 1.77. The highest BCUT2D eigenvalue weighted by Gasteiger charge is 2.34. The maximum absolute atomic E-state index is 14.3. The first-order valence-electron chi connectivity index (χ1n) is 13.7. The van der Waals surface area contributed by atoms with Gasteiger partial charge in [-0.05, 0) is 61.4 Å². The topological polar surface area (TPSA) is 86.8 Å². The molecule has 0 radical (unpaired) electrons. The number of rotatable bonds is 12. The smallest absolute Gasteiger partial charge is 0.264 e. The van der Waals surface area contributed by atoms with Gasteiger partial charge in [0.25, 0.3) is 10.0 Å². The Kier molecular flexibility index (Phi) is 10.4. The van der Waals surface area contributed by atoms with E-state index in [4.69, 9.17) is 11.6 Å². The number of halogens is 1. The van der Waals surface area contributed by atoms with Crippen molar-refractivity contribution < 1.29 is 18.0 Å². The summed E-state index contributed by atoms with van der Waals surface area (Å²) in [5.74, 6) is -0.821. The highest BCUT2D eigenvalue weighted by atomic mass is 35.5. The van der Waals surface area contributed by atoms with Crippen LogP contribution in [0.4, 0.5) is 5.69 Å². The van der Waals surface area contributed by atoms with Crippen LogP contribution in [0.1, 0.15) is 23.6 Å². The summed E-state index contributed by atoms with van der Waals surface area (Å²) in [5.41, 5.74) is 3.09. The molecule has 4 rings (SSSR count). The van der Waals surface area contributed by atoms with Crippen molar-refractivity contribution in [2.45, 2.75) is 37.8 Å². The predicted molar refractivity (Wildman–Crippen MR) is 167 cm³/mol. The zero-order valence-corrected chi connectivity index (χ0v) is 25.2. The molecule has 4 aromatic rings. The highest BCUT2D eigenvalue weighted by Crippen LogP contribution is 2.26. The molecule has 0 bridgehead atoms. The van der Waals surface area contributed by atoms with Crippen LogP contribution in [-0.4, -0.2) is 44.3 Å². The summed E-state index contributed by atoms with van der Waals surface area (Å²) in [6.07, 6.45) is 0.263. The lowest BCUT2D eigenvalue weighted by atomic mass is 10.0. The lowest BCUT2D eigenvalue weighted by molar-refractivity contribution is -0.140. The molecule has 0 aromatic heterocycles. The van der Waals surface area contributed by atoms with Crippen LogP contribution in [0.5, 0.6) is 0 Å². The van der Waals surface area contributed by atoms with E-state index in [0.717, 1.165) is 21.0 Å². The zero-order valence-electron chi connectivity index (χ0n) is 23.6. The molecule has 1 atom stereocenters. The van der Waals surface area contributed by atoms with Crippen LogP contribution in [-0.2, 0) is 32.6 Å². The number of hydrogen-bond acceptors (Lipinski definition) is 4. The summed E-state index contributed by atoms with van der Waals surface area (Å²) < 4.78 is 28.9. The molecule has 7 nitrogen and oxygen atoms in total. The number of likely N-dealkylation sites (N-methyl/N-ethyl adjacent to an activating group) is 1. The summed E-state index contributed by atoms with van der Waals surface area (Å²) >= 11 is 6.02. The van der Waals surface area contributed by atoms with Crippen molar-refractivity contribution in [3.8, 4) is 0 Å². The van der Waals surface area contributed by atoms with Gasteiger partial charge in [0, 0.05) is 24.5 Å². The molecule has 2 amide bonds. The summed E-state index contributed by atoms with van der Waals surface area (Å²) in [7, 11) is -4.17. The van der Waals surface area contributed by atoms with Crippen molar-refractivity contribution in [1.82, 2.24) is 10.2 Å². The lowest BCUT2D eigenvalue weighted by Gasteiger charge is -2.33. The van der Waals surface area contributed by atoms with E-state index in [1.807, 2.05) is 68.4 Å². The van der Waals surface area contributed by atoms with Gasteiger partial charge in [-0.2, -0.15) is 0 Å². The third kappa shape index (κ3) is 7.78.